The van der Waals surface area contributed by atoms with Gasteiger partial charge in [-0.2, -0.15) is 8.42 Å². The van der Waals surface area contributed by atoms with Gasteiger partial charge in [-0.05, 0) is 0 Å². The van der Waals surface area contributed by atoms with E-state index in [0.29, 0.717) is 0 Å². The molecular formula is H2ClFO3STa. The maximum atomic E-state index is 10.2. The summed E-state index contributed by atoms with van der Waals surface area (Å²) in [7, 11) is -5.17. The van der Waals surface area contributed by atoms with Crippen LogP contribution >= 0.6 is 12.4 Å². The molecule has 0 bridgehead atoms. The molecule has 0 unspecified atom stereocenters. The van der Waals surface area contributed by atoms with Gasteiger partial charge in [-0.1, -0.05) is 3.89 Å². The van der Waals surface area contributed by atoms with Crippen LogP contribution in [0.2, 0.25) is 0 Å². The van der Waals surface area contributed by atoms with Crippen molar-refractivity contribution < 1.29 is 39.2 Å². The average Bonchev–Trinajstić information content (AvgIpc) is 0.722. The second-order valence-corrected chi connectivity index (χ2v) is 1.24. The van der Waals surface area contributed by atoms with Crippen molar-refractivity contribution in [1.29, 1.82) is 0 Å². The Morgan fingerprint density at radius 2 is 1.43 bits per heavy atom. The zero-order valence-electron chi connectivity index (χ0n) is 2.91. The van der Waals surface area contributed by atoms with E-state index in [1.807, 2.05) is 0 Å². The first kappa shape index (κ1) is 15.7. The molecule has 7 heavy (non-hydrogen) atoms. The van der Waals surface area contributed by atoms with E-state index in [0.717, 1.165) is 0 Å². The first-order chi connectivity index (χ1) is 2.00. The van der Waals surface area contributed by atoms with Gasteiger partial charge < -0.3 is 0 Å². The van der Waals surface area contributed by atoms with Crippen LogP contribution in [0.25, 0.3) is 0 Å². The van der Waals surface area contributed by atoms with Gasteiger partial charge in [0.15, 0.2) is 0 Å². The van der Waals surface area contributed by atoms with Crippen LogP contribution in [0.1, 0.15) is 0 Å². The second-order valence-electron chi connectivity index (χ2n) is 0.412. The molecule has 0 aliphatic rings. The third-order valence-corrected chi connectivity index (χ3v) is 0. The Bertz CT molecular complexity index is 98.1. The van der Waals surface area contributed by atoms with Crippen molar-refractivity contribution in [2.45, 2.75) is 0 Å². The van der Waals surface area contributed by atoms with Crippen molar-refractivity contribution in [3.05, 3.63) is 0 Å². The van der Waals surface area contributed by atoms with Crippen molar-refractivity contribution in [2.75, 3.05) is 0 Å². The van der Waals surface area contributed by atoms with Crippen molar-refractivity contribution in [1.82, 2.24) is 0 Å². The molecule has 7 heteroatoms. The van der Waals surface area contributed by atoms with Gasteiger partial charge in [0.1, 0.15) is 0 Å². The molecule has 1 N–H and O–H groups in total. The van der Waals surface area contributed by atoms with Gasteiger partial charge in [0.2, 0.25) is 0 Å². The Kier molecular flexibility index (Phi) is 11.2. The molecule has 3 nitrogen and oxygen atoms in total. The van der Waals surface area contributed by atoms with E-state index in [1.165, 1.54) is 0 Å². The van der Waals surface area contributed by atoms with Gasteiger partial charge in [-0.15, -0.1) is 12.4 Å². The molecular weight excluding hydrogens is 315 g/mol. The molecule has 0 heterocycles. The van der Waals surface area contributed by atoms with Crippen molar-refractivity contribution in [3.8, 4) is 0 Å². The standard InChI is InChI=1S/ClH.FHO3S.Ta/c;1-5(2,3)4;/h1H;(H,2,3,4);. The third kappa shape index (κ3) is 215. The zero-order valence-corrected chi connectivity index (χ0v) is 7.75. The van der Waals surface area contributed by atoms with Gasteiger partial charge in [-0.3, -0.25) is 4.55 Å². The number of halogens is 2. The van der Waals surface area contributed by atoms with Crippen LogP contribution in [-0.2, 0) is 32.9 Å². The van der Waals surface area contributed by atoms with Crippen LogP contribution < -0.4 is 0 Å². The second kappa shape index (κ2) is 5.02. The maximum absolute atomic E-state index is 10.2. The summed E-state index contributed by atoms with van der Waals surface area (Å²) in [5, 5.41) is 0. The molecule has 1 radical (unpaired) electrons. The van der Waals surface area contributed by atoms with Gasteiger partial charge in [0.25, 0.3) is 0 Å². The molecule has 0 rings (SSSR count). The minimum absolute atomic E-state index is 0. The first-order valence-corrected chi connectivity index (χ1v) is 2.01. The zero-order chi connectivity index (χ0) is 4.50. The molecule has 0 aliphatic carbocycles. The van der Waals surface area contributed by atoms with E-state index in [1.54, 1.807) is 0 Å². The third-order valence-electron chi connectivity index (χ3n) is 0. The van der Waals surface area contributed by atoms with Crippen LogP contribution in [-0.4, -0.2) is 13.0 Å². The molecule has 0 aromatic rings. The predicted molar refractivity (Wildman–Crippen MR) is 19.9 cm³/mol. The smallest absolute Gasteiger partial charge is 0.260 e. The van der Waals surface area contributed by atoms with Crippen molar-refractivity contribution >= 4 is 22.9 Å². The Labute approximate surface area is 62.3 Å². The number of hydrogen-bond donors (Lipinski definition) is 1. The Balaban J connectivity index is -0.0000000800. The molecule has 0 aromatic carbocycles. The summed E-state index contributed by atoms with van der Waals surface area (Å²) in [6, 6.07) is 0. The minimum Gasteiger partial charge on any atom is -0.260 e. The monoisotopic (exact) mass is 317 g/mol. The van der Waals surface area contributed by atoms with Gasteiger partial charge in [-0.25, -0.2) is 0 Å². The van der Waals surface area contributed by atoms with E-state index >= 15 is 0 Å². The maximum Gasteiger partial charge on any atom is 0.435 e. The van der Waals surface area contributed by atoms with E-state index in [-0.39, 0.29) is 34.8 Å². The van der Waals surface area contributed by atoms with Crippen LogP contribution in [0.3, 0.4) is 0 Å². The van der Waals surface area contributed by atoms with E-state index < -0.39 is 10.5 Å². The summed E-state index contributed by atoms with van der Waals surface area (Å²) in [5.74, 6) is 0. The van der Waals surface area contributed by atoms with Crippen molar-refractivity contribution in [3.63, 3.8) is 0 Å². The first-order valence-electron chi connectivity index (χ1n) is 0.670. The normalized spacial score (nSPS) is 8.29. The summed E-state index contributed by atoms with van der Waals surface area (Å²) >= 11 is 0. The summed E-state index contributed by atoms with van der Waals surface area (Å²) in [6.45, 7) is 0. The average molecular weight is 317 g/mol. The molecule has 0 fully saturated rings. The minimum atomic E-state index is -5.17. The largest absolute Gasteiger partial charge is 0.435 e. The van der Waals surface area contributed by atoms with E-state index in [2.05, 4.69) is 0 Å². The topological polar surface area (TPSA) is 54.4 Å². The Morgan fingerprint density at radius 3 is 1.43 bits per heavy atom. The number of rotatable bonds is 0. The Morgan fingerprint density at radius 1 is 1.43 bits per heavy atom. The van der Waals surface area contributed by atoms with E-state index in [4.69, 9.17) is 13.0 Å². The molecule has 0 aliphatic heterocycles. The van der Waals surface area contributed by atoms with Gasteiger partial charge >= 0.3 is 10.5 Å². The fourth-order valence-electron chi connectivity index (χ4n) is 0. The molecule has 0 amide bonds. The SMILES string of the molecule is Cl.O=S(=O)(O)F.[Ta]. The van der Waals surface area contributed by atoms with E-state index in [9.17, 15) is 3.89 Å². The summed E-state index contributed by atoms with van der Waals surface area (Å²) in [5.41, 5.74) is 0. The summed E-state index contributed by atoms with van der Waals surface area (Å²) in [4.78, 5) is 0. The predicted octanol–water partition coefficient (Wildman–Crippen LogP) is 0.178. The van der Waals surface area contributed by atoms with Crippen LogP contribution in [0.15, 0.2) is 0 Å². The quantitative estimate of drug-likeness (QED) is 0.512. The molecule has 0 atom stereocenters. The molecule has 45 valence electrons. The fraction of sp³-hybridized carbons (Fsp3) is 0. The molecule has 0 aromatic heterocycles. The molecule has 0 spiro atoms. The number of hydrogen-bond acceptors (Lipinski definition) is 2. The summed E-state index contributed by atoms with van der Waals surface area (Å²) in [6.07, 6.45) is 0. The molecule has 0 saturated carbocycles. The fourth-order valence-corrected chi connectivity index (χ4v) is 0. The van der Waals surface area contributed by atoms with Crippen LogP contribution in [0.5, 0.6) is 0 Å². The van der Waals surface area contributed by atoms with Gasteiger partial charge in [0.05, 0.1) is 0 Å². The summed E-state index contributed by atoms with van der Waals surface area (Å²) < 4.78 is 34.1. The molecule has 0 saturated heterocycles. The Hall–Kier alpha value is 0.870. The van der Waals surface area contributed by atoms with Crippen molar-refractivity contribution in [2.24, 2.45) is 0 Å². The van der Waals surface area contributed by atoms with Crippen LogP contribution in [0.4, 0.5) is 3.89 Å². The van der Waals surface area contributed by atoms with Crippen LogP contribution in [0, 0.1) is 0 Å². The van der Waals surface area contributed by atoms with Gasteiger partial charge in [0, 0.05) is 22.4 Å².